The van der Waals surface area contributed by atoms with Gasteiger partial charge in [0.05, 0.1) is 0 Å². The van der Waals surface area contributed by atoms with Gasteiger partial charge in [0.25, 0.3) is 0 Å². The van der Waals surface area contributed by atoms with Gasteiger partial charge >= 0.3 is 0 Å². The molecule has 0 N–H and O–H groups in total. The summed E-state index contributed by atoms with van der Waals surface area (Å²) in [5.41, 5.74) is 1.20. The van der Waals surface area contributed by atoms with E-state index in [1.54, 1.807) is 0 Å². The van der Waals surface area contributed by atoms with Crippen molar-refractivity contribution >= 4 is 5.69 Å². The molecule has 2 heteroatoms. The van der Waals surface area contributed by atoms with Gasteiger partial charge in [0.2, 0.25) is 0 Å². The number of benzene rings is 2. The Bertz CT molecular complexity index is 548. The predicted molar refractivity (Wildman–Crippen MR) is 89.9 cm³/mol. The van der Waals surface area contributed by atoms with Crippen LogP contribution in [0.5, 0.6) is 5.75 Å². The number of anilines is 1. The Kier molecular flexibility index (Phi) is 6.14. The van der Waals surface area contributed by atoms with Crippen LogP contribution in [0.2, 0.25) is 0 Å². The first kappa shape index (κ1) is 14.9. The fraction of sp³-hybridized carbons (Fsp3) is 0.158. The molecule has 0 radical (unpaired) electrons. The summed E-state index contributed by atoms with van der Waals surface area (Å²) in [6.07, 6.45) is 6.09. The number of ether oxygens (including phenoxy) is 1. The average molecular weight is 279 g/mol. The lowest BCUT2D eigenvalue weighted by atomic mass is 10.3. The van der Waals surface area contributed by atoms with E-state index in [0.717, 1.165) is 18.8 Å². The van der Waals surface area contributed by atoms with Crippen LogP contribution in [0.4, 0.5) is 5.69 Å². The quantitative estimate of drug-likeness (QED) is 0.667. The third-order valence-electron chi connectivity index (χ3n) is 3.05. The maximum Gasteiger partial charge on any atom is 0.119 e. The highest BCUT2D eigenvalue weighted by Crippen LogP contribution is 2.13. The first-order chi connectivity index (χ1) is 10.4. The Morgan fingerprint density at radius 3 is 2.19 bits per heavy atom. The van der Waals surface area contributed by atoms with E-state index in [0.29, 0.717) is 6.61 Å². The van der Waals surface area contributed by atoms with Crippen molar-refractivity contribution in [3.05, 3.63) is 85.5 Å². The molecule has 2 aromatic carbocycles. The van der Waals surface area contributed by atoms with Crippen molar-refractivity contribution in [1.82, 2.24) is 0 Å². The minimum atomic E-state index is 0.584. The van der Waals surface area contributed by atoms with Crippen molar-refractivity contribution < 1.29 is 4.74 Å². The summed E-state index contributed by atoms with van der Waals surface area (Å²) in [6.45, 7) is 6.07. The molecule has 2 rings (SSSR count). The van der Waals surface area contributed by atoms with Crippen LogP contribution in [-0.2, 0) is 0 Å². The third kappa shape index (κ3) is 5.19. The van der Waals surface area contributed by atoms with E-state index in [4.69, 9.17) is 4.74 Å². The number of hydrogen-bond acceptors (Lipinski definition) is 2. The van der Waals surface area contributed by atoms with Gasteiger partial charge in [0.1, 0.15) is 12.4 Å². The van der Waals surface area contributed by atoms with Crippen LogP contribution in [-0.4, -0.2) is 19.7 Å². The molecular weight excluding hydrogens is 258 g/mol. The van der Waals surface area contributed by atoms with Gasteiger partial charge in [-0.15, -0.1) is 6.58 Å². The lowest BCUT2D eigenvalue weighted by Crippen LogP contribution is -2.23. The molecule has 0 fully saturated rings. The highest BCUT2D eigenvalue weighted by Gasteiger charge is 2.00. The van der Waals surface area contributed by atoms with Crippen molar-refractivity contribution in [2.24, 2.45) is 0 Å². The van der Waals surface area contributed by atoms with Gasteiger partial charge < -0.3 is 9.64 Å². The molecule has 0 heterocycles. The van der Waals surface area contributed by atoms with Gasteiger partial charge in [-0.05, 0) is 30.3 Å². The summed E-state index contributed by atoms with van der Waals surface area (Å²) in [6, 6.07) is 20.2. The van der Waals surface area contributed by atoms with Gasteiger partial charge in [0, 0.05) is 18.8 Å². The smallest absolute Gasteiger partial charge is 0.119 e. The molecule has 0 saturated heterocycles. The zero-order valence-corrected chi connectivity index (χ0v) is 12.2. The van der Waals surface area contributed by atoms with Crippen molar-refractivity contribution in [2.75, 3.05) is 24.6 Å². The van der Waals surface area contributed by atoms with Crippen LogP contribution < -0.4 is 9.64 Å². The summed E-state index contributed by atoms with van der Waals surface area (Å²) in [7, 11) is 0. The van der Waals surface area contributed by atoms with Gasteiger partial charge in [-0.2, -0.15) is 0 Å². The highest BCUT2D eigenvalue weighted by atomic mass is 16.5. The van der Waals surface area contributed by atoms with E-state index in [9.17, 15) is 0 Å². The summed E-state index contributed by atoms with van der Waals surface area (Å²) in [5, 5.41) is 0. The molecule has 0 aliphatic rings. The van der Waals surface area contributed by atoms with Crippen LogP contribution in [0.25, 0.3) is 0 Å². The van der Waals surface area contributed by atoms with E-state index < -0.39 is 0 Å². The molecule has 0 atom stereocenters. The monoisotopic (exact) mass is 279 g/mol. The van der Waals surface area contributed by atoms with Gasteiger partial charge in [-0.25, -0.2) is 0 Å². The molecule has 0 amide bonds. The Morgan fingerprint density at radius 1 is 0.857 bits per heavy atom. The zero-order chi connectivity index (χ0) is 14.8. The van der Waals surface area contributed by atoms with E-state index >= 15 is 0 Å². The number of nitrogens with zero attached hydrogens (tertiary/aromatic N) is 1. The molecule has 0 spiro atoms. The molecular formula is C19H21NO. The Labute approximate surface area is 127 Å². The molecule has 0 saturated carbocycles. The topological polar surface area (TPSA) is 12.5 Å². The second-order valence-electron chi connectivity index (χ2n) is 4.62. The molecule has 2 aromatic rings. The highest BCUT2D eigenvalue weighted by molar-refractivity contribution is 5.47. The second kappa shape index (κ2) is 8.64. The molecule has 21 heavy (non-hydrogen) atoms. The molecule has 2 nitrogen and oxygen atoms in total. The standard InChI is InChI=1S/C19H21NO/c1-2-15-20(18-11-5-3-6-12-18)16-9-10-17-21-19-13-7-4-8-14-19/h2-14H,1,15-17H2. The van der Waals surface area contributed by atoms with Crippen LogP contribution in [0.1, 0.15) is 0 Å². The average Bonchev–Trinajstić information content (AvgIpc) is 2.55. The second-order valence-corrected chi connectivity index (χ2v) is 4.62. The lowest BCUT2D eigenvalue weighted by Gasteiger charge is -2.21. The minimum Gasteiger partial charge on any atom is -0.490 e. The fourth-order valence-electron chi connectivity index (χ4n) is 2.01. The predicted octanol–water partition coefficient (Wildman–Crippen LogP) is 4.31. The number of hydrogen-bond donors (Lipinski definition) is 0. The van der Waals surface area contributed by atoms with Gasteiger partial charge in [-0.3, -0.25) is 0 Å². The first-order valence-corrected chi connectivity index (χ1v) is 7.14. The molecule has 0 aliphatic heterocycles. The molecule has 0 aromatic heterocycles. The van der Waals surface area contributed by atoms with Crippen LogP contribution in [0.15, 0.2) is 85.5 Å². The normalized spacial score (nSPS) is 10.5. The van der Waals surface area contributed by atoms with E-state index in [1.165, 1.54) is 5.69 Å². The Hall–Kier alpha value is -2.48. The summed E-state index contributed by atoms with van der Waals surface area (Å²) >= 11 is 0. The van der Waals surface area contributed by atoms with Gasteiger partial charge in [-0.1, -0.05) is 48.6 Å². The molecule has 0 aliphatic carbocycles. The van der Waals surface area contributed by atoms with Crippen molar-refractivity contribution in [3.8, 4) is 5.75 Å². The van der Waals surface area contributed by atoms with Crippen LogP contribution >= 0.6 is 0 Å². The zero-order valence-electron chi connectivity index (χ0n) is 12.2. The molecule has 0 bridgehead atoms. The maximum absolute atomic E-state index is 5.63. The molecule has 108 valence electrons. The SMILES string of the molecule is C=CCN(CC=CCOc1ccccc1)c1ccccc1. The van der Waals surface area contributed by atoms with E-state index in [-0.39, 0.29) is 0 Å². The van der Waals surface area contributed by atoms with Crippen molar-refractivity contribution in [1.29, 1.82) is 0 Å². The largest absolute Gasteiger partial charge is 0.490 e. The first-order valence-electron chi connectivity index (χ1n) is 7.14. The Balaban J connectivity index is 1.81. The van der Waals surface area contributed by atoms with Crippen molar-refractivity contribution in [3.63, 3.8) is 0 Å². The number of rotatable bonds is 8. The fourth-order valence-corrected chi connectivity index (χ4v) is 2.01. The number of para-hydroxylation sites is 2. The summed E-state index contributed by atoms with van der Waals surface area (Å²) in [4.78, 5) is 2.26. The van der Waals surface area contributed by atoms with E-state index in [1.807, 2.05) is 60.7 Å². The lowest BCUT2D eigenvalue weighted by molar-refractivity contribution is 0.362. The van der Waals surface area contributed by atoms with Gasteiger partial charge in [0.15, 0.2) is 0 Å². The molecule has 0 unspecified atom stereocenters. The summed E-state index contributed by atoms with van der Waals surface area (Å²) < 4.78 is 5.63. The minimum absolute atomic E-state index is 0.584. The summed E-state index contributed by atoms with van der Waals surface area (Å²) in [5.74, 6) is 0.896. The Morgan fingerprint density at radius 2 is 1.52 bits per heavy atom. The van der Waals surface area contributed by atoms with Crippen molar-refractivity contribution in [2.45, 2.75) is 0 Å². The van der Waals surface area contributed by atoms with Crippen LogP contribution in [0.3, 0.4) is 0 Å². The maximum atomic E-state index is 5.63. The van der Waals surface area contributed by atoms with Crippen LogP contribution in [0, 0.1) is 0 Å². The van der Waals surface area contributed by atoms with E-state index in [2.05, 4.69) is 29.7 Å². The third-order valence-corrected chi connectivity index (χ3v) is 3.05.